The van der Waals surface area contributed by atoms with Crippen molar-refractivity contribution >= 4 is 5.95 Å². The first kappa shape index (κ1) is 10.0. The third-order valence-corrected chi connectivity index (χ3v) is 3.37. The van der Waals surface area contributed by atoms with Crippen LogP contribution in [0.25, 0.3) is 0 Å². The van der Waals surface area contributed by atoms with Crippen molar-refractivity contribution in [3.8, 4) is 0 Å². The van der Waals surface area contributed by atoms with Crippen LogP contribution in [0.2, 0.25) is 0 Å². The average Bonchev–Trinajstić information content (AvgIpc) is 3.01. The quantitative estimate of drug-likeness (QED) is 0.810. The van der Waals surface area contributed by atoms with Gasteiger partial charge in [-0.05, 0) is 32.3 Å². The van der Waals surface area contributed by atoms with Crippen molar-refractivity contribution in [3.63, 3.8) is 0 Å². The fourth-order valence-corrected chi connectivity index (χ4v) is 2.28. The maximum Gasteiger partial charge on any atom is 0.225 e. The van der Waals surface area contributed by atoms with Crippen molar-refractivity contribution in [2.24, 2.45) is 5.73 Å². The number of aromatic nitrogens is 2. The Bertz CT molecular complexity index is 400. The van der Waals surface area contributed by atoms with E-state index < -0.39 is 0 Å². The van der Waals surface area contributed by atoms with E-state index in [4.69, 9.17) is 5.73 Å². The highest BCUT2D eigenvalue weighted by molar-refractivity contribution is 5.36. The molecule has 1 atom stereocenters. The summed E-state index contributed by atoms with van der Waals surface area (Å²) in [6.07, 6.45) is 3.63. The van der Waals surface area contributed by atoms with Crippen molar-refractivity contribution in [3.05, 3.63) is 17.5 Å². The highest BCUT2D eigenvalue weighted by atomic mass is 15.3. The zero-order valence-electron chi connectivity index (χ0n) is 9.69. The van der Waals surface area contributed by atoms with Crippen LogP contribution in [-0.2, 0) is 0 Å². The number of aryl methyl sites for hydroxylation is 1. The number of nitrogens with two attached hydrogens (primary N) is 1. The van der Waals surface area contributed by atoms with E-state index in [9.17, 15) is 0 Å². The van der Waals surface area contributed by atoms with Gasteiger partial charge in [-0.3, -0.25) is 0 Å². The molecule has 16 heavy (non-hydrogen) atoms. The first-order chi connectivity index (χ1) is 7.72. The topological polar surface area (TPSA) is 55.0 Å². The molecule has 2 fully saturated rings. The van der Waals surface area contributed by atoms with E-state index in [0.717, 1.165) is 31.2 Å². The summed E-state index contributed by atoms with van der Waals surface area (Å²) >= 11 is 0. The van der Waals surface area contributed by atoms with Crippen LogP contribution in [-0.4, -0.2) is 29.1 Å². The SMILES string of the molecule is Cc1cc(C2CC2)nc(N2CCC(N)C2)n1. The minimum Gasteiger partial charge on any atom is -0.339 e. The summed E-state index contributed by atoms with van der Waals surface area (Å²) in [6.45, 7) is 3.94. The molecule has 0 spiro atoms. The van der Waals surface area contributed by atoms with Gasteiger partial charge in [0.1, 0.15) is 0 Å². The Morgan fingerprint density at radius 2 is 2.12 bits per heavy atom. The molecule has 1 saturated carbocycles. The molecule has 0 amide bonds. The maximum absolute atomic E-state index is 5.91. The van der Waals surface area contributed by atoms with Gasteiger partial charge in [-0.1, -0.05) is 0 Å². The Morgan fingerprint density at radius 3 is 2.75 bits per heavy atom. The van der Waals surface area contributed by atoms with E-state index in [-0.39, 0.29) is 6.04 Å². The van der Waals surface area contributed by atoms with Crippen molar-refractivity contribution < 1.29 is 0 Å². The number of hydrogen-bond donors (Lipinski definition) is 1. The molecule has 2 N–H and O–H groups in total. The lowest BCUT2D eigenvalue weighted by Crippen LogP contribution is -2.27. The third kappa shape index (κ3) is 1.89. The summed E-state index contributed by atoms with van der Waals surface area (Å²) in [5.41, 5.74) is 8.21. The molecule has 4 heteroatoms. The molecule has 1 unspecified atom stereocenters. The summed E-state index contributed by atoms with van der Waals surface area (Å²) in [5, 5.41) is 0. The number of hydrogen-bond acceptors (Lipinski definition) is 4. The van der Waals surface area contributed by atoms with Crippen LogP contribution in [0.1, 0.15) is 36.6 Å². The highest BCUT2D eigenvalue weighted by Crippen LogP contribution is 2.39. The summed E-state index contributed by atoms with van der Waals surface area (Å²) in [7, 11) is 0. The lowest BCUT2D eigenvalue weighted by atomic mass is 10.2. The lowest BCUT2D eigenvalue weighted by molar-refractivity contribution is 0.749. The molecule has 1 saturated heterocycles. The second kappa shape index (κ2) is 3.70. The van der Waals surface area contributed by atoms with Crippen molar-refractivity contribution in [1.82, 2.24) is 9.97 Å². The number of nitrogens with zero attached hydrogens (tertiary/aromatic N) is 3. The van der Waals surface area contributed by atoms with Gasteiger partial charge in [0.05, 0.1) is 0 Å². The number of rotatable bonds is 2. The van der Waals surface area contributed by atoms with E-state index in [1.54, 1.807) is 0 Å². The summed E-state index contributed by atoms with van der Waals surface area (Å²) < 4.78 is 0. The molecular weight excluding hydrogens is 200 g/mol. The molecule has 4 nitrogen and oxygen atoms in total. The minimum atomic E-state index is 0.286. The lowest BCUT2D eigenvalue weighted by Gasteiger charge is -2.16. The largest absolute Gasteiger partial charge is 0.339 e. The zero-order valence-corrected chi connectivity index (χ0v) is 9.69. The molecule has 1 aromatic rings. The van der Waals surface area contributed by atoms with Gasteiger partial charge >= 0.3 is 0 Å². The van der Waals surface area contributed by atoms with E-state index >= 15 is 0 Å². The average molecular weight is 218 g/mol. The molecule has 1 aliphatic carbocycles. The van der Waals surface area contributed by atoms with Crippen molar-refractivity contribution in [2.45, 2.75) is 38.1 Å². The fourth-order valence-electron chi connectivity index (χ4n) is 2.28. The minimum absolute atomic E-state index is 0.286. The van der Waals surface area contributed by atoms with Crippen LogP contribution in [0.5, 0.6) is 0 Å². The summed E-state index contributed by atoms with van der Waals surface area (Å²) in [5.74, 6) is 1.58. The molecule has 1 aromatic heterocycles. The Balaban J connectivity index is 1.88. The monoisotopic (exact) mass is 218 g/mol. The van der Waals surface area contributed by atoms with Gasteiger partial charge in [0.2, 0.25) is 5.95 Å². The van der Waals surface area contributed by atoms with Crippen LogP contribution >= 0.6 is 0 Å². The molecule has 2 heterocycles. The highest BCUT2D eigenvalue weighted by Gasteiger charge is 2.27. The molecule has 86 valence electrons. The first-order valence-corrected chi connectivity index (χ1v) is 6.08. The van der Waals surface area contributed by atoms with Crippen LogP contribution < -0.4 is 10.6 Å². The van der Waals surface area contributed by atoms with Gasteiger partial charge in [-0.2, -0.15) is 0 Å². The first-order valence-electron chi connectivity index (χ1n) is 6.08. The summed E-state index contributed by atoms with van der Waals surface area (Å²) in [4.78, 5) is 11.4. The van der Waals surface area contributed by atoms with Crippen molar-refractivity contribution in [2.75, 3.05) is 18.0 Å². The smallest absolute Gasteiger partial charge is 0.225 e. The van der Waals surface area contributed by atoms with Gasteiger partial charge < -0.3 is 10.6 Å². The standard InChI is InChI=1S/C12H18N4/c1-8-6-11(9-2-3-9)15-12(14-8)16-5-4-10(13)7-16/h6,9-10H,2-5,7,13H2,1H3. The van der Waals surface area contributed by atoms with Crippen LogP contribution in [0, 0.1) is 6.92 Å². The van der Waals surface area contributed by atoms with Crippen LogP contribution in [0.4, 0.5) is 5.95 Å². The van der Waals surface area contributed by atoms with E-state index in [2.05, 4.69) is 20.9 Å². The van der Waals surface area contributed by atoms with Gasteiger partial charge in [0.15, 0.2) is 0 Å². The molecule has 0 bridgehead atoms. The van der Waals surface area contributed by atoms with Crippen molar-refractivity contribution in [1.29, 1.82) is 0 Å². The predicted molar refractivity (Wildman–Crippen MR) is 63.5 cm³/mol. The molecule has 1 aliphatic heterocycles. The maximum atomic E-state index is 5.91. The fraction of sp³-hybridized carbons (Fsp3) is 0.667. The van der Waals surface area contributed by atoms with Gasteiger partial charge in [-0.15, -0.1) is 0 Å². The Hall–Kier alpha value is -1.16. The Morgan fingerprint density at radius 1 is 1.31 bits per heavy atom. The molecule has 2 aliphatic rings. The van der Waals surface area contributed by atoms with Crippen LogP contribution in [0.15, 0.2) is 6.07 Å². The second-order valence-corrected chi connectivity index (χ2v) is 5.00. The second-order valence-electron chi connectivity index (χ2n) is 5.00. The number of anilines is 1. The predicted octanol–water partition coefficient (Wildman–Crippen LogP) is 1.20. The van der Waals surface area contributed by atoms with Gasteiger partial charge in [0.25, 0.3) is 0 Å². The molecule has 0 aromatic carbocycles. The van der Waals surface area contributed by atoms with E-state index in [1.807, 2.05) is 6.92 Å². The van der Waals surface area contributed by atoms with E-state index in [0.29, 0.717) is 5.92 Å². The molecular formula is C12H18N4. The van der Waals surface area contributed by atoms with E-state index in [1.165, 1.54) is 18.5 Å². The Labute approximate surface area is 95.9 Å². The third-order valence-electron chi connectivity index (χ3n) is 3.37. The molecule has 3 rings (SSSR count). The summed E-state index contributed by atoms with van der Waals surface area (Å²) in [6, 6.07) is 2.41. The van der Waals surface area contributed by atoms with Gasteiger partial charge in [-0.25, -0.2) is 9.97 Å². The van der Waals surface area contributed by atoms with Gasteiger partial charge in [0, 0.05) is 36.4 Å². The Kier molecular flexibility index (Phi) is 2.32. The molecule has 0 radical (unpaired) electrons. The normalized spacial score (nSPS) is 25.1. The van der Waals surface area contributed by atoms with Crippen LogP contribution in [0.3, 0.4) is 0 Å². The zero-order chi connectivity index (χ0) is 11.1.